The Bertz CT molecular complexity index is 956. The summed E-state index contributed by atoms with van der Waals surface area (Å²) >= 11 is 6.04. The topological polar surface area (TPSA) is 76.1 Å². The van der Waals surface area contributed by atoms with Crippen molar-refractivity contribution in [3.8, 4) is 11.5 Å². The summed E-state index contributed by atoms with van der Waals surface area (Å²) in [7, 11) is 0. The molecule has 1 amide bonds. The van der Waals surface area contributed by atoms with Crippen LogP contribution in [-0.2, 0) is 9.59 Å². The van der Waals surface area contributed by atoms with Crippen LogP contribution in [0.25, 0.3) is 0 Å². The van der Waals surface area contributed by atoms with E-state index in [4.69, 9.17) is 21.1 Å². The minimum atomic E-state index is -0.940. The number of halogens is 1. The van der Waals surface area contributed by atoms with Crippen molar-refractivity contribution < 1.29 is 24.2 Å². The van der Waals surface area contributed by atoms with Crippen LogP contribution in [0.1, 0.15) is 31.9 Å². The van der Waals surface area contributed by atoms with E-state index < -0.39 is 23.3 Å². The van der Waals surface area contributed by atoms with Crippen molar-refractivity contribution in [2.45, 2.75) is 26.3 Å². The molecule has 0 spiro atoms. The van der Waals surface area contributed by atoms with E-state index >= 15 is 0 Å². The van der Waals surface area contributed by atoms with Crippen molar-refractivity contribution in [2.75, 3.05) is 18.1 Å². The molecular formula is C22H22ClNO5. The number of benzene rings is 2. The van der Waals surface area contributed by atoms with Gasteiger partial charge in [0.15, 0.2) is 11.5 Å². The second-order valence-corrected chi connectivity index (χ2v) is 8.51. The summed E-state index contributed by atoms with van der Waals surface area (Å²) in [6, 6.07) is 11.6. The zero-order valence-electron chi connectivity index (χ0n) is 16.2. The van der Waals surface area contributed by atoms with E-state index in [9.17, 15) is 14.7 Å². The van der Waals surface area contributed by atoms with Gasteiger partial charge >= 0.3 is 5.97 Å². The Kier molecular flexibility index (Phi) is 4.90. The average molecular weight is 416 g/mol. The van der Waals surface area contributed by atoms with Crippen molar-refractivity contribution in [3.05, 3.63) is 53.1 Å². The molecule has 152 valence electrons. The van der Waals surface area contributed by atoms with Crippen LogP contribution in [0.15, 0.2) is 42.5 Å². The number of hydrogen-bond acceptors (Lipinski definition) is 4. The first-order chi connectivity index (χ1) is 13.8. The largest absolute Gasteiger partial charge is 0.486 e. The van der Waals surface area contributed by atoms with Crippen molar-refractivity contribution in [2.24, 2.45) is 11.3 Å². The van der Waals surface area contributed by atoms with Crippen molar-refractivity contribution >= 4 is 29.2 Å². The van der Waals surface area contributed by atoms with E-state index in [0.29, 0.717) is 35.4 Å². The van der Waals surface area contributed by atoms with Gasteiger partial charge in [0.25, 0.3) is 0 Å². The molecule has 2 aromatic carbocycles. The standard InChI is InChI=1S/C22H22ClNO5/c1-22(2)12-18(25)24(15-7-8-16-17(11-15)29-10-9-28-16)20(19(22)21(26)27)13-3-5-14(23)6-4-13/h3-8,11,19-20H,9-10,12H2,1-2H3,(H,26,27)/t19-,20+/m0/s1. The molecule has 2 heterocycles. The molecule has 1 fully saturated rings. The summed E-state index contributed by atoms with van der Waals surface area (Å²) in [4.78, 5) is 27.1. The number of amides is 1. The van der Waals surface area contributed by atoms with Crippen molar-refractivity contribution in [1.82, 2.24) is 0 Å². The third kappa shape index (κ3) is 3.53. The number of nitrogens with zero attached hydrogens (tertiary/aromatic N) is 1. The number of piperidine rings is 1. The van der Waals surface area contributed by atoms with E-state index in [1.807, 2.05) is 13.8 Å². The highest BCUT2D eigenvalue weighted by atomic mass is 35.5. The molecule has 2 atom stereocenters. The number of carboxylic acid groups (broad SMARTS) is 1. The van der Waals surface area contributed by atoms with Crippen LogP contribution in [0.3, 0.4) is 0 Å². The monoisotopic (exact) mass is 415 g/mol. The molecular weight excluding hydrogens is 394 g/mol. The second-order valence-electron chi connectivity index (χ2n) is 8.07. The molecule has 6 nitrogen and oxygen atoms in total. The number of carbonyl (C=O) groups is 2. The highest BCUT2D eigenvalue weighted by Gasteiger charge is 2.51. The predicted molar refractivity (Wildman–Crippen MR) is 109 cm³/mol. The molecule has 2 aliphatic rings. The van der Waals surface area contributed by atoms with E-state index in [1.54, 1.807) is 47.4 Å². The molecule has 0 unspecified atom stereocenters. The first-order valence-corrected chi connectivity index (χ1v) is 9.86. The van der Waals surface area contributed by atoms with Gasteiger partial charge in [0.1, 0.15) is 13.2 Å². The third-order valence-corrected chi connectivity index (χ3v) is 5.84. The zero-order valence-corrected chi connectivity index (χ0v) is 17.0. The summed E-state index contributed by atoms with van der Waals surface area (Å²) in [5.41, 5.74) is 0.594. The quantitative estimate of drug-likeness (QED) is 0.808. The van der Waals surface area contributed by atoms with E-state index in [0.717, 1.165) is 5.56 Å². The minimum Gasteiger partial charge on any atom is -0.486 e. The Labute approximate surface area is 174 Å². The molecule has 0 aromatic heterocycles. The van der Waals surface area contributed by atoms with Gasteiger partial charge in [-0.15, -0.1) is 0 Å². The summed E-state index contributed by atoms with van der Waals surface area (Å²) < 4.78 is 11.2. The fourth-order valence-corrected chi connectivity index (χ4v) is 4.40. The molecule has 0 radical (unpaired) electrons. The van der Waals surface area contributed by atoms with Crippen LogP contribution in [0.4, 0.5) is 5.69 Å². The molecule has 0 bridgehead atoms. The van der Waals surface area contributed by atoms with Gasteiger partial charge in [-0.05, 0) is 35.2 Å². The first-order valence-electron chi connectivity index (χ1n) is 9.48. The fourth-order valence-electron chi connectivity index (χ4n) is 4.27. The molecule has 4 rings (SSSR count). The van der Waals surface area contributed by atoms with Gasteiger partial charge in [-0.1, -0.05) is 37.6 Å². The molecule has 0 saturated carbocycles. The summed E-state index contributed by atoms with van der Waals surface area (Å²) in [6.07, 6.45) is 0.127. The van der Waals surface area contributed by atoms with Gasteiger partial charge in [0.05, 0.1) is 12.0 Å². The van der Waals surface area contributed by atoms with Crippen LogP contribution in [0, 0.1) is 11.3 Å². The number of fused-ring (bicyclic) bond motifs is 1. The zero-order chi connectivity index (χ0) is 20.8. The summed E-state index contributed by atoms with van der Waals surface area (Å²) in [6.45, 7) is 4.55. The Morgan fingerprint density at radius 2 is 1.76 bits per heavy atom. The lowest BCUT2D eigenvalue weighted by atomic mass is 9.67. The summed E-state index contributed by atoms with van der Waals surface area (Å²) in [5.74, 6) is -0.709. The Balaban J connectivity index is 1.86. The number of carbonyl (C=O) groups excluding carboxylic acids is 1. The minimum absolute atomic E-state index is 0.127. The first kappa shape index (κ1) is 19.6. The lowest BCUT2D eigenvalue weighted by Crippen LogP contribution is -2.53. The number of aliphatic carboxylic acids is 1. The summed E-state index contributed by atoms with van der Waals surface area (Å²) in [5, 5.41) is 10.6. The fraction of sp³-hybridized carbons (Fsp3) is 0.364. The Morgan fingerprint density at radius 1 is 1.10 bits per heavy atom. The van der Waals surface area contributed by atoms with Crippen LogP contribution in [-0.4, -0.2) is 30.2 Å². The third-order valence-electron chi connectivity index (χ3n) is 5.59. The van der Waals surface area contributed by atoms with Gasteiger partial charge < -0.3 is 19.5 Å². The molecule has 29 heavy (non-hydrogen) atoms. The van der Waals surface area contributed by atoms with Crippen LogP contribution in [0.5, 0.6) is 11.5 Å². The number of ether oxygens (including phenoxy) is 2. The van der Waals surface area contributed by atoms with Gasteiger partial charge in [0, 0.05) is 23.2 Å². The maximum atomic E-state index is 13.2. The highest BCUT2D eigenvalue weighted by Crippen LogP contribution is 2.50. The highest BCUT2D eigenvalue weighted by molar-refractivity contribution is 6.30. The molecule has 0 aliphatic carbocycles. The van der Waals surface area contributed by atoms with Crippen molar-refractivity contribution in [1.29, 1.82) is 0 Å². The Morgan fingerprint density at radius 3 is 2.41 bits per heavy atom. The maximum Gasteiger partial charge on any atom is 0.309 e. The van der Waals surface area contributed by atoms with E-state index in [-0.39, 0.29) is 12.3 Å². The van der Waals surface area contributed by atoms with Crippen LogP contribution < -0.4 is 14.4 Å². The predicted octanol–water partition coefficient (Wildman–Crippen LogP) is 4.32. The Hall–Kier alpha value is -2.73. The SMILES string of the molecule is CC1(C)CC(=O)N(c2ccc3c(c2)OCCO3)[C@H](c2ccc(Cl)cc2)[C@H]1C(=O)O. The lowest BCUT2D eigenvalue weighted by Gasteiger charge is -2.47. The van der Waals surface area contributed by atoms with Gasteiger partial charge in [-0.25, -0.2) is 0 Å². The van der Waals surface area contributed by atoms with Gasteiger partial charge in [-0.2, -0.15) is 0 Å². The molecule has 1 N–H and O–H groups in total. The van der Waals surface area contributed by atoms with Crippen LogP contribution in [0.2, 0.25) is 5.02 Å². The van der Waals surface area contributed by atoms with Gasteiger partial charge in [-0.3, -0.25) is 9.59 Å². The molecule has 2 aromatic rings. The molecule has 1 saturated heterocycles. The van der Waals surface area contributed by atoms with Gasteiger partial charge in [0.2, 0.25) is 5.91 Å². The number of anilines is 1. The van der Waals surface area contributed by atoms with E-state index in [2.05, 4.69) is 0 Å². The second kappa shape index (κ2) is 7.26. The lowest BCUT2D eigenvalue weighted by molar-refractivity contribution is -0.150. The smallest absolute Gasteiger partial charge is 0.309 e. The molecule has 2 aliphatic heterocycles. The number of carboxylic acids is 1. The maximum absolute atomic E-state index is 13.2. The average Bonchev–Trinajstić information content (AvgIpc) is 2.66. The molecule has 7 heteroatoms. The normalized spacial score (nSPS) is 23.0. The number of rotatable bonds is 3. The van der Waals surface area contributed by atoms with E-state index in [1.165, 1.54) is 0 Å². The number of hydrogen-bond donors (Lipinski definition) is 1. The van der Waals surface area contributed by atoms with Crippen LogP contribution >= 0.6 is 11.6 Å². The van der Waals surface area contributed by atoms with Crippen molar-refractivity contribution in [3.63, 3.8) is 0 Å².